The number of nitrogens with one attached hydrogen (secondary N) is 1. The second-order valence-corrected chi connectivity index (χ2v) is 4.76. The van der Waals surface area contributed by atoms with E-state index in [4.69, 9.17) is 9.52 Å². The average Bonchev–Trinajstić information content (AvgIpc) is 2.93. The molecule has 0 aliphatic heterocycles. The van der Waals surface area contributed by atoms with Crippen LogP contribution in [0.4, 0.5) is 5.69 Å². The highest BCUT2D eigenvalue weighted by atomic mass is 16.4. The van der Waals surface area contributed by atoms with Gasteiger partial charge in [-0.1, -0.05) is 25.5 Å². The second kappa shape index (κ2) is 6.80. The van der Waals surface area contributed by atoms with Crippen LogP contribution in [0.1, 0.15) is 41.4 Å². The molecule has 1 heterocycles. The molecule has 0 amide bonds. The van der Waals surface area contributed by atoms with Gasteiger partial charge in [-0.3, -0.25) is 0 Å². The van der Waals surface area contributed by atoms with Crippen molar-refractivity contribution < 1.29 is 14.3 Å². The van der Waals surface area contributed by atoms with Crippen molar-refractivity contribution in [2.75, 3.05) is 5.32 Å². The number of aryl methyl sites for hydroxylation is 1. The Morgan fingerprint density at radius 1 is 1.30 bits per heavy atom. The summed E-state index contributed by atoms with van der Waals surface area (Å²) in [5.74, 6) is -0.363. The number of carbonyl (C=O) groups is 1. The maximum atomic E-state index is 10.7. The molecule has 106 valence electrons. The van der Waals surface area contributed by atoms with Gasteiger partial charge in [0.15, 0.2) is 0 Å². The number of carboxylic acids is 1. The molecule has 0 bridgehead atoms. The zero-order valence-electron chi connectivity index (χ0n) is 11.6. The standard InChI is InChI=1S/C16H19NO3/c1-2-3-4-12-5-7-14(8-6-12)17-10-15-9-13(11-20-15)16(18)19/h5-9,11,17H,2-4,10H2,1H3,(H,18,19). The molecule has 0 aliphatic carbocycles. The lowest BCUT2D eigenvalue weighted by atomic mass is 10.1. The molecule has 0 atom stereocenters. The first-order chi connectivity index (χ1) is 9.69. The summed E-state index contributed by atoms with van der Waals surface area (Å²) >= 11 is 0. The van der Waals surface area contributed by atoms with Gasteiger partial charge in [0.25, 0.3) is 0 Å². The normalized spacial score (nSPS) is 10.4. The van der Waals surface area contributed by atoms with Crippen LogP contribution in [0.15, 0.2) is 41.0 Å². The third-order valence-corrected chi connectivity index (χ3v) is 3.14. The predicted octanol–water partition coefficient (Wildman–Crippen LogP) is 3.93. The molecule has 0 saturated carbocycles. The largest absolute Gasteiger partial charge is 0.478 e. The zero-order chi connectivity index (χ0) is 14.4. The van der Waals surface area contributed by atoms with Crippen LogP contribution in [0.2, 0.25) is 0 Å². The Morgan fingerprint density at radius 3 is 2.65 bits per heavy atom. The average molecular weight is 273 g/mol. The van der Waals surface area contributed by atoms with Crippen LogP contribution >= 0.6 is 0 Å². The fourth-order valence-electron chi connectivity index (χ4n) is 1.94. The molecule has 4 heteroatoms. The van der Waals surface area contributed by atoms with Crippen LogP contribution in [0.3, 0.4) is 0 Å². The van der Waals surface area contributed by atoms with Crippen LogP contribution in [-0.2, 0) is 13.0 Å². The summed E-state index contributed by atoms with van der Waals surface area (Å²) in [6, 6.07) is 9.83. The minimum Gasteiger partial charge on any atom is -0.478 e. The molecule has 0 saturated heterocycles. The summed E-state index contributed by atoms with van der Waals surface area (Å²) in [6.45, 7) is 2.66. The number of hydrogen-bond donors (Lipinski definition) is 2. The molecule has 2 N–H and O–H groups in total. The summed E-state index contributed by atoms with van der Waals surface area (Å²) in [7, 11) is 0. The fraction of sp³-hybridized carbons (Fsp3) is 0.312. The lowest BCUT2D eigenvalue weighted by molar-refractivity contribution is 0.0696. The van der Waals surface area contributed by atoms with Crippen molar-refractivity contribution in [3.63, 3.8) is 0 Å². The van der Waals surface area contributed by atoms with Crippen LogP contribution in [-0.4, -0.2) is 11.1 Å². The molecular weight excluding hydrogens is 254 g/mol. The zero-order valence-corrected chi connectivity index (χ0v) is 11.6. The van der Waals surface area contributed by atoms with Crippen molar-refractivity contribution in [2.45, 2.75) is 32.7 Å². The number of rotatable bonds is 7. The van der Waals surface area contributed by atoms with Crippen LogP contribution in [0.25, 0.3) is 0 Å². The van der Waals surface area contributed by atoms with Crippen LogP contribution in [0, 0.1) is 0 Å². The van der Waals surface area contributed by atoms with E-state index >= 15 is 0 Å². The summed E-state index contributed by atoms with van der Waals surface area (Å²) in [4.78, 5) is 10.7. The van der Waals surface area contributed by atoms with Crippen molar-refractivity contribution >= 4 is 11.7 Å². The van der Waals surface area contributed by atoms with Gasteiger partial charge in [-0.05, 0) is 36.6 Å². The number of anilines is 1. The van der Waals surface area contributed by atoms with Crippen molar-refractivity contribution in [3.8, 4) is 0 Å². The van der Waals surface area contributed by atoms with Crippen molar-refractivity contribution in [3.05, 3.63) is 53.5 Å². The molecule has 0 fully saturated rings. The van der Waals surface area contributed by atoms with E-state index in [1.807, 2.05) is 12.1 Å². The number of carboxylic acid groups (broad SMARTS) is 1. The Balaban J connectivity index is 1.88. The molecule has 0 aliphatic rings. The van der Waals surface area contributed by atoms with E-state index in [9.17, 15) is 4.79 Å². The highest BCUT2D eigenvalue weighted by Gasteiger charge is 2.07. The molecular formula is C16H19NO3. The molecule has 0 unspecified atom stereocenters. The Labute approximate surface area is 118 Å². The molecule has 0 radical (unpaired) electrons. The fourth-order valence-corrected chi connectivity index (χ4v) is 1.94. The first-order valence-corrected chi connectivity index (χ1v) is 6.82. The monoisotopic (exact) mass is 273 g/mol. The Bertz CT molecular complexity index is 557. The van der Waals surface area contributed by atoms with E-state index in [1.165, 1.54) is 30.7 Å². The molecule has 4 nitrogen and oxygen atoms in total. The summed E-state index contributed by atoms with van der Waals surface area (Å²) in [5.41, 5.74) is 2.51. The third kappa shape index (κ3) is 3.88. The maximum Gasteiger partial charge on any atom is 0.338 e. The van der Waals surface area contributed by atoms with Gasteiger partial charge in [0.2, 0.25) is 0 Å². The van der Waals surface area contributed by atoms with E-state index in [1.54, 1.807) is 0 Å². The maximum absolute atomic E-state index is 10.7. The van der Waals surface area contributed by atoms with Crippen molar-refractivity contribution in [1.29, 1.82) is 0 Å². The number of hydrogen-bond acceptors (Lipinski definition) is 3. The summed E-state index contributed by atoms with van der Waals surface area (Å²) in [6.07, 6.45) is 4.77. The number of unbranched alkanes of at least 4 members (excludes halogenated alkanes) is 1. The van der Waals surface area contributed by atoms with E-state index in [0.29, 0.717) is 12.3 Å². The summed E-state index contributed by atoms with van der Waals surface area (Å²) < 4.78 is 5.18. The van der Waals surface area contributed by atoms with Gasteiger partial charge in [-0.2, -0.15) is 0 Å². The molecule has 0 spiro atoms. The van der Waals surface area contributed by atoms with Crippen LogP contribution < -0.4 is 5.32 Å². The Hall–Kier alpha value is -2.23. The Kier molecular flexibility index (Phi) is 4.82. The van der Waals surface area contributed by atoms with Gasteiger partial charge in [0, 0.05) is 5.69 Å². The minimum absolute atomic E-state index is 0.178. The SMILES string of the molecule is CCCCc1ccc(NCc2cc(C(=O)O)co2)cc1. The van der Waals surface area contributed by atoms with Gasteiger partial charge in [-0.25, -0.2) is 4.79 Å². The third-order valence-electron chi connectivity index (χ3n) is 3.14. The highest BCUT2D eigenvalue weighted by Crippen LogP contribution is 2.14. The van der Waals surface area contributed by atoms with Gasteiger partial charge < -0.3 is 14.8 Å². The number of furan rings is 1. The first-order valence-electron chi connectivity index (χ1n) is 6.82. The smallest absolute Gasteiger partial charge is 0.338 e. The lowest BCUT2D eigenvalue weighted by Crippen LogP contribution is -1.98. The van der Waals surface area contributed by atoms with Gasteiger partial charge >= 0.3 is 5.97 Å². The van der Waals surface area contributed by atoms with E-state index in [0.717, 1.165) is 12.1 Å². The van der Waals surface area contributed by atoms with E-state index < -0.39 is 5.97 Å². The van der Waals surface area contributed by atoms with Gasteiger partial charge in [-0.15, -0.1) is 0 Å². The second-order valence-electron chi connectivity index (χ2n) is 4.76. The minimum atomic E-state index is -0.972. The highest BCUT2D eigenvalue weighted by molar-refractivity contribution is 5.87. The van der Waals surface area contributed by atoms with Crippen LogP contribution in [0.5, 0.6) is 0 Å². The summed E-state index contributed by atoms with van der Waals surface area (Å²) in [5, 5.41) is 12.0. The topological polar surface area (TPSA) is 62.5 Å². The molecule has 20 heavy (non-hydrogen) atoms. The molecule has 2 aromatic rings. The van der Waals surface area contributed by atoms with E-state index in [-0.39, 0.29) is 5.56 Å². The van der Waals surface area contributed by atoms with Crippen molar-refractivity contribution in [2.24, 2.45) is 0 Å². The number of aromatic carboxylic acids is 1. The lowest BCUT2D eigenvalue weighted by Gasteiger charge is -2.06. The van der Waals surface area contributed by atoms with Gasteiger partial charge in [0.1, 0.15) is 12.0 Å². The molecule has 2 rings (SSSR count). The quantitative estimate of drug-likeness (QED) is 0.802. The molecule has 1 aromatic heterocycles. The molecule has 1 aromatic carbocycles. The Morgan fingerprint density at radius 2 is 2.05 bits per heavy atom. The van der Waals surface area contributed by atoms with E-state index in [2.05, 4.69) is 24.4 Å². The number of benzene rings is 1. The first kappa shape index (κ1) is 14.2. The van der Waals surface area contributed by atoms with Gasteiger partial charge in [0.05, 0.1) is 12.1 Å². The predicted molar refractivity (Wildman–Crippen MR) is 78.0 cm³/mol. The van der Waals surface area contributed by atoms with Crippen molar-refractivity contribution in [1.82, 2.24) is 0 Å².